The number of nitrogen functional groups attached to an aromatic ring is 1. The first kappa shape index (κ1) is 11.6. The van der Waals surface area contributed by atoms with E-state index in [-0.39, 0.29) is 11.0 Å². The Morgan fingerprint density at radius 1 is 1.24 bits per heavy atom. The summed E-state index contributed by atoms with van der Waals surface area (Å²) < 4.78 is 18.2. The molecule has 2 aromatic rings. The van der Waals surface area contributed by atoms with Crippen molar-refractivity contribution in [1.29, 1.82) is 0 Å². The van der Waals surface area contributed by atoms with Crippen LogP contribution >= 0.6 is 11.6 Å². The zero-order valence-electron chi connectivity index (χ0n) is 8.95. The summed E-state index contributed by atoms with van der Waals surface area (Å²) in [5.74, 6) is -0.0729. The van der Waals surface area contributed by atoms with E-state index in [1.54, 1.807) is 12.1 Å². The molecule has 0 spiro atoms. The molecule has 0 bridgehead atoms. The number of methoxy groups -OCH3 is 1. The zero-order chi connectivity index (χ0) is 12.4. The summed E-state index contributed by atoms with van der Waals surface area (Å²) in [4.78, 5) is 7.84. The van der Waals surface area contributed by atoms with Crippen molar-refractivity contribution < 1.29 is 9.13 Å². The molecule has 6 heteroatoms. The van der Waals surface area contributed by atoms with Gasteiger partial charge in [-0.3, -0.25) is 0 Å². The molecule has 0 fully saturated rings. The van der Waals surface area contributed by atoms with Crippen LogP contribution in [0.4, 0.5) is 10.3 Å². The highest BCUT2D eigenvalue weighted by Gasteiger charge is 2.07. The molecule has 1 heterocycles. The maximum Gasteiger partial charge on any atom is 0.223 e. The monoisotopic (exact) mass is 253 g/mol. The number of halogens is 2. The molecule has 2 N–H and O–H groups in total. The van der Waals surface area contributed by atoms with Gasteiger partial charge in [-0.2, -0.15) is 4.98 Å². The van der Waals surface area contributed by atoms with Crippen LogP contribution in [0.5, 0.6) is 5.88 Å². The summed E-state index contributed by atoms with van der Waals surface area (Å²) >= 11 is 5.77. The minimum absolute atomic E-state index is 0.0553. The number of hydrogen-bond acceptors (Lipinski definition) is 4. The van der Waals surface area contributed by atoms with Crippen LogP contribution in [0, 0.1) is 5.82 Å². The quantitative estimate of drug-likeness (QED) is 0.893. The van der Waals surface area contributed by atoms with Gasteiger partial charge in [0.15, 0.2) is 0 Å². The van der Waals surface area contributed by atoms with Gasteiger partial charge < -0.3 is 10.5 Å². The van der Waals surface area contributed by atoms with E-state index in [9.17, 15) is 4.39 Å². The van der Waals surface area contributed by atoms with E-state index in [0.717, 1.165) is 0 Å². The lowest BCUT2D eigenvalue weighted by Gasteiger charge is -2.05. The van der Waals surface area contributed by atoms with Gasteiger partial charge in [0, 0.05) is 16.7 Å². The first-order valence-corrected chi connectivity index (χ1v) is 5.11. The van der Waals surface area contributed by atoms with Crippen LogP contribution in [-0.4, -0.2) is 17.1 Å². The van der Waals surface area contributed by atoms with Gasteiger partial charge in [-0.15, -0.1) is 0 Å². The van der Waals surface area contributed by atoms with Crippen molar-refractivity contribution in [2.24, 2.45) is 0 Å². The molecule has 0 amide bonds. The maximum absolute atomic E-state index is 13.2. The topological polar surface area (TPSA) is 61.0 Å². The minimum Gasteiger partial charge on any atom is -0.481 e. The van der Waals surface area contributed by atoms with Crippen LogP contribution in [0.1, 0.15) is 0 Å². The lowest BCUT2D eigenvalue weighted by molar-refractivity contribution is 0.398. The van der Waals surface area contributed by atoms with Crippen molar-refractivity contribution in [3.05, 3.63) is 35.1 Å². The summed E-state index contributed by atoms with van der Waals surface area (Å²) in [5.41, 5.74) is 6.49. The molecule has 88 valence electrons. The Labute approximate surface area is 102 Å². The highest BCUT2D eigenvalue weighted by Crippen LogP contribution is 2.25. The van der Waals surface area contributed by atoms with Crippen molar-refractivity contribution in [3.8, 4) is 17.1 Å². The number of benzene rings is 1. The molecule has 4 nitrogen and oxygen atoms in total. The first-order chi connectivity index (χ1) is 8.08. The molecule has 0 aliphatic rings. The van der Waals surface area contributed by atoms with E-state index in [1.165, 1.54) is 19.2 Å². The highest BCUT2D eigenvalue weighted by molar-refractivity contribution is 6.30. The second kappa shape index (κ2) is 4.55. The molecule has 0 atom stereocenters. The van der Waals surface area contributed by atoms with E-state index < -0.39 is 5.82 Å². The van der Waals surface area contributed by atoms with Gasteiger partial charge in [-0.05, 0) is 18.2 Å². The van der Waals surface area contributed by atoms with Crippen LogP contribution in [0.3, 0.4) is 0 Å². The van der Waals surface area contributed by atoms with Gasteiger partial charge in [0.05, 0.1) is 12.8 Å². The molecule has 0 aliphatic carbocycles. The van der Waals surface area contributed by atoms with Crippen LogP contribution in [0.15, 0.2) is 24.3 Å². The van der Waals surface area contributed by atoms with Gasteiger partial charge in [-0.25, -0.2) is 9.37 Å². The standard InChI is InChI=1S/C11H9ClFN3O/c1-17-10-5-9(15-11(14)16-10)6-2-7(12)4-8(13)3-6/h2-5H,1H3,(H2,14,15,16). The first-order valence-electron chi connectivity index (χ1n) is 4.73. The number of aromatic nitrogens is 2. The van der Waals surface area contributed by atoms with E-state index in [2.05, 4.69) is 9.97 Å². The van der Waals surface area contributed by atoms with Crippen LogP contribution in [0.2, 0.25) is 5.02 Å². The van der Waals surface area contributed by atoms with Crippen molar-refractivity contribution in [3.63, 3.8) is 0 Å². The Balaban J connectivity index is 2.55. The lowest BCUT2D eigenvalue weighted by atomic mass is 10.1. The molecule has 1 aromatic carbocycles. The number of anilines is 1. The van der Waals surface area contributed by atoms with Crippen molar-refractivity contribution in [1.82, 2.24) is 9.97 Å². The van der Waals surface area contributed by atoms with Gasteiger partial charge in [0.2, 0.25) is 11.8 Å². The van der Waals surface area contributed by atoms with Gasteiger partial charge in [0.1, 0.15) is 5.82 Å². The van der Waals surface area contributed by atoms with Crippen LogP contribution < -0.4 is 10.5 Å². The zero-order valence-corrected chi connectivity index (χ0v) is 9.70. The minimum atomic E-state index is -0.441. The average molecular weight is 254 g/mol. The number of hydrogen-bond donors (Lipinski definition) is 1. The summed E-state index contributed by atoms with van der Waals surface area (Å²) in [6, 6.07) is 5.67. The SMILES string of the molecule is COc1cc(-c2cc(F)cc(Cl)c2)nc(N)n1. The predicted octanol–water partition coefficient (Wildman–Crippen LogP) is 2.53. The summed E-state index contributed by atoms with van der Waals surface area (Å²) in [5, 5.41) is 0.288. The van der Waals surface area contributed by atoms with Crippen LogP contribution in [0.25, 0.3) is 11.3 Å². The molecular weight excluding hydrogens is 245 g/mol. The summed E-state index contributed by atoms with van der Waals surface area (Å²) in [6.45, 7) is 0. The van der Waals surface area contributed by atoms with E-state index >= 15 is 0 Å². The fourth-order valence-electron chi connectivity index (χ4n) is 1.40. The third kappa shape index (κ3) is 2.62. The van der Waals surface area contributed by atoms with E-state index in [4.69, 9.17) is 22.1 Å². The van der Waals surface area contributed by atoms with E-state index in [1.807, 2.05) is 0 Å². The van der Waals surface area contributed by atoms with Crippen molar-refractivity contribution in [2.75, 3.05) is 12.8 Å². The van der Waals surface area contributed by atoms with Gasteiger partial charge in [-0.1, -0.05) is 11.6 Å². The largest absolute Gasteiger partial charge is 0.481 e. The highest BCUT2D eigenvalue weighted by atomic mass is 35.5. The molecule has 0 saturated heterocycles. The average Bonchev–Trinajstić information content (AvgIpc) is 2.26. The Bertz CT molecular complexity index is 542. The lowest BCUT2D eigenvalue weighted by Crippen LogP contribution is -1.99. The molecular formula is C11H9ClFN3O. The maximum atomic E-state index is 13.2. The summed E-state index contributed by atoms with van der Waals surface area (Å²) in [7, 11) is 1.46. The Kier molecular flexibility index (Phi) is 3.10. The fourth-order valence-corrected chi connectivity index (χ4v) is 1.62. The molecule has 1 aromatic heterocycles. The van der Waals surface area contributed by atoms with E-state index in [0.29, 0.717) is 17.1 Å². The molecule has 0 unspecified atom stereocenters. The second-order valence-electron chi connectivity index (χ2n) is 3.31. The van der Waals surface area contributed by atoms with Crippen molar-refractivity contribution >= 4 is 17.5 Å². The normalized spacial score (nSPS) is 10.3. The molecule has 0 saturated carbocycles. The number of nitrogens with zero attached hydrogens (tertiary/aromatic N) is 2. The fraction of sp³-hybridized carbons (Fsp3) is 0.0909. The Morgan fingerprint density at radius 2 is 2.00 bits per heavy atom. The summed E-state index contributed by atoms with van der Waals surface area (Å²) in [6.07, 6.45) is 0. The van der Waals surface area contributed by atoms with Crippen molar-refractivity contribution in [2.45, 2.75) is 0 Å². The smallest absolute Gasteiger partial charge is 0.223 e. The molecule has 0 aliphatic heterocycles. The third-order valence-electron chi connectivity index (χ3n) is 2.09. The molecule has 2 rings (SSSR count). The third-order valence-corrected chi connectivity index (χ3v) is 2.31. The van der Waals surface area contributed by atoms with Gasteiger partial charge in [0.25, 0.3) is 0 Å². The number of nitrogens with two attached hydrogens (primary N) is 1. The Morgan fingerprint density at radius 3 is 2.65 bits per heavy atom. The number of rotatable bonds is 2. The molecule has 0 radical (unpaired) electrons. The van der Waals surface area contributed by atoms with Crippen LogP contribution in [-0.2, 0) is 0 Å². The number of ether oxygens (including phenoxy) is 1. The molecule has 17 heavy (non-hydrogen) atoms. The second-order valence-corrected chi connectivity index (χ2v) is 3.75. The Hall–Kier alpha value is -1.88. The van der Waals surface area contributed by atoms with Gasteiger partial charge >= 0.3 is 0 Å². The predicted molar refractivity (Wildman–Crippen MR) is 63.4 cm³/mol.